The van der Waals surface area contributed by atoms with Crippen molar-refractivity contribution in [3.8, 4) is 17.2 Å². The van der Waals surface area contributed by atoms with Gasteiger partial charge >= 0.3 is 0 Å². The Labute approximate surface area is 195 Å². The second-order valence-electron chi connectivity index (χ2n) is 5.98. The van der Waals surface area contributed by atoms with Crippen LogP contribution >= 0.6 is 11.8 Å². The number of carbonyl (C=O) groups excluding carboxylic acids is 1. The second-order valence-corrected chi connectivity index (χ2v) is 6.93. The van der Waals surface area contributed by atoms with Crippen molar-refractivity contribution in [3.05, 3.63) is 0 Å². The van der Waals surface area contributed by atoms with E-state index < -0.39 is 0 Å². The van der Waals surface area contributed by atoms with Gasteiger partial charge < -0.3 is 24.8 Å². The number of hydrogen-bond donors (Lipinski definition) is 2. The van der Waals surface area contributed by atoms with Gasteiger partial charge in [-0.1, -0.05) is 53.4 Å². The Morgan fingerprint density at radius 2 is 1.65 bits per heavy atom. The Hall–Kier alpha value is -1.29. The van der Waals surface area contributed by atoms with Gasteiger partial charge in [-0.2, -0.15) is 5.26 Å². The van der Waals surface area contributed by atoms with Crippen molar-refractivity contribution in [3.63, 3.8) is 0 Å². The zero-order valence-electron chi connectivity index (χ0n) is 20.7. The summed E-state index contributed by atoms with van der Waals surface area (Å²) in [5, 5.41) is 16.6. The lowest BCUT2D eigenvalue weighted by atomic mass is 10.2. The molecule has 0 bridgehead atoms. The normalized spacial score (nSPS) is 10.4. The third-order valence-corrected chi connectivity index (χ3v) is 3.93. The van der Waals surface area contributed by atoms with Crippen LogP contribution in [-0.2, 0) is 19.0 Å². The number of nitrogens with zero attached hydrogens (tertiary/aromatic N) is 1. The number of nitriles is 1. The summed E-state index contributed by atoms with van der Waals surface area (Å²) in [4.78, 5) is 11.5. The number of amides is 1. The number of hydrogen-bond acceptors (Lipinski definition) is 7. The van der Waals surface area contributed by atoms with Crippen LogP contribution in [0.1, 0.15) is 60.8 Å². The molecule has 0 aromatic rings. The van der Waals surface area contributed by atoms with E-state index in [4.69, 9.17) is 19.5 Å². The molecule has 2 N–H and O–H groups in total. The highest BCUT2D eigenvalue weighted by Gasteiger charge is 2.09. The molecular weight excluding hydrogens is 414 g/mol. The van der Waals surface area contributed by atoms with Gasteiger partial charge in [0.1, 0.15) is 10.8 Å². The minimum Gasteiger partial charge on any atom is -0.379 e. The van der Waals surface area contributed by atoms with E-state index in [2.05, 4.69) is 27.9 Å². The summed E-state index contributed by atoms with van der Waals surface area (Å²) < 4.78 is 16.4. The number of carbonyl (C=O) groups is 1. The molecule has 0 aromatic carbocycles. The van der Waals surface area contributed by atoms with Gasteiger partial charge in [-0.3, -0.25) is 4.79 Å². The summed E-state index contributed by atoms with van der Waals surface area (Å²) in [5.41, 5.74) is -0.119. The minimum absolute atomic E-state index is 0.0679. The van der Waals surface area contributed by atoms with Crippen molar-refractivity contribution in [2.75, 3.05) is 53.2 Å². The van der Waals surface area contributed by atoms with Crippen LogP contribution in [-0.4, -0.2) is 64.5 Å². The summed E-state index contributed by atoms with van der Waals surface area (Å²) in [6.07, 6.45) is 2.10. The second kappa shape index (κ2) is 30.9. The molecule has 0 fully saturated rings. The summed E-state index contributed by atoms with van der Waals surface area (Å²) in [7, 11) is 1.90. The van der Waals surface area contributed by atoms with E-state index in [1.165, 1.54) is 0 Å². The highest BCUT2D eigenvalue weighted by Crippen LogP contribution is 2.16. The standard InChI is InChI=1S/C19H33N3O4S.2C2H6/c1-17(2)6-4-10-22-18(23)8-11-24-12-13-25-14-15-26-19(27-16-20)7-5-9-21-3;2*1-2/h17,19,21H,5,7-15H2,1-3H3,(H,22,23);2*1-2H3. The average molecular weight is 460 g/mol. The molecule has 0 aliphatic heterocycles. The summed E-state index contributed by atoms with van der Waals surface area (Å²) in [6, 6.07) is 0. The predicted molar refractivity (Wildman–Crippen MR) is 131 cm³/mol. The van der Waals surface area contributed by atoms with Gasteiger partial charge in [-0.05, 0) is 38.2 Å². The van der Waals surface area contributed by atoms with Gasteiger partial charge in [-0.25, -0.2) is 0 Å². The Kier molecular flexibility index (Phi) is 34.2. The van der Waals surface area contributed by atoms with Crippen molar-refractivity contribution >= 4 is 17.7 Å². The fraction of sp³-hybridized carbons (Fsp3) is 0.826. The van der Waals surface area contributed by atoms with Gasteiger partial charge in [-0.15, -0.1) is 0 Å². The molecule has 8 heteroatoms. The number of thioether (sulfide) groups is 1. The lowest BCUT2D eigenvalue weighted by Gasteiger charge is -2.14. The first-order valence-corrected chi connectivity index (χ1v) is 12.2. The maximum atomic E-state index is 11.5. The average Bonchev–Trinajstić information content (AvgIpc) is 2.78. The highest BCUT2D eigenvalue weighted by atomic mass is 32.2. The summed E-state index contributed by atoms with van der Waals surface area (Å²) >= 11 is 1.14. The summed E-state index contributed by atoms with van der Waals surface area (Å²) in [6.45, 7) is 15.4. The number of thiocyanates is 1. The van der Waals surface area contributed by atoms with E-state index >= 15 is 0 Å². The Morgan fingerprint density at radius 1 is 1.03 bits per heavy atom. The molecular formula is C23H45N3O4S. The van der Waals surface area contributed by atoms with Crippen molar-refractivity contribution in [2.45, 2.75) is 66.2 Å². The number of nitrogens with one attached hydrogen (secondary N) is 2. The molecule has 0 aliphatic carbocycles. The largest absolute Gasteiger partial charge is 0.379 e. The van der Waals surface area contributed by atoms with Crippen LogP contribution in [0.15, 0.2) is 0 Å². The van der Waals surface area contributed by atoms with Crippen molar-refractivity contribution < 1.29 is 19.0 Å². The molecule has 0 heterocycles. The highest BCUT2D eigenvalue weighted by molar-refractivity contribution is 8.04. The van der Waals surface area contributed by atoms with Crippen molar-refractivity contribution in [2.24, 2.45) is 5.92 Å². The molecule has 0 saturated heterocycles. The van der Waals surface area contributed by atoms with E-state index in [1.54, 1.807) is 0 Å². The van der Waals surface area contributed by atoms with Crippen LogP contribution in [0.25, 0.3) is 0 Å². The number of rotatable bonds is 16. The maximum Gasteiger partial charge on any atom is 0.223 e. The molecule has 1 amide bonds. The van der Waals surface area contributed by atoms with Crippen LogP contribution in [0, 0.1) is 28.4 Å². The van der Waals surface area contributed by atoms with Crippen LogP contribution in [0.2, 0.25) is 0 Å². The lowest BCUT2D eigenvalue weighted by Crippen LogP contribution is -2.25. The molecule has 0 rings (SSSR count). The first-order valence-electron chi connectivity index (χ1n) is 11.3. The van der Waals surface area contributed by atoms with Crippen LogP contribution in [0.4, 0.5) is 0 Å². The SMILES string of the molecule is CC.CC.CNCCCC(OCCOCCOCCC(=O)NCC#CC(C)C)SC#N. The summed E-state index contributed by atoms with van der Waals surface area (Å²) in [5.74, 6) is 6.13. The van der Waals surface area contributed by atoms with Crippen LogP contribution in [0.5, 0.6) is 0 Å². The van der Waals surface area contributed by atoms with Crippen LogP contribution < -0.4 is 10.6 Å². The molecule has 0 aliphatic rings. The van der Waals surface area contributed by atoms with Gasteiger partial charge in [0.05, 0.1) is 39.6 Å². The van der Waals surface area contributed by atoms with Crippen LogP contribution in [0.3, 0.4) is 0 Å². The molecule has 0 aromatic heterocycles. The molecule has 0 saturated carbocycles. The lowest BCUT2D eigenvalue weighted by molar-refractivity contribution is -0.122. The van der Waals surface area contributed by atoms with E-state index in [0.717, 1.165) is 31.1 Å². The zero-order chi connectivity index (χ0) is 24.2. The Bertz CT molecular complexity index is 474. The van der Waals surface area contributed by atoms with Gasteiger partial charge in [0.2, 0.25) is 5.91 Å². The third kappa shape index (κ3) is 31.0. The smallest absolute Gasteiger partial charge is 0.223 e. The fourth-order valence-electron chi connectivity index (χ4n) is 1.89. The molecule has 1 unspecified atom stereocenters. The van der Waals surface area contributed by atoms with Gasteiger partial charge in [0.25, 0.3) is 0 Å². The maximum absolute atomic E-state index is 11.5. The first kappa shape index (κ1) is 34.3. The Morgan fingerprint density at radius 3 is 2.23 bits per heavy atom. The van der Waals surface area contributed by atoms with E-state index in [1.807, 2.05) is 48.6 Å². The first-order chi connectivity index (χ1) is 15.1. The van der Waals surface area contributed by atoms with E-state index in [9.17, 15) is 4.79 Å². The van der Waals surface area contributed by atoms with E-state index in [0.29, 0.717) is 51.9 Å². The molecule has 1 atom stereocenters. The molecule has 0 radical (unpaired) electrons. The van der Waals surface area contributed by atoms with Crippen molar-refractivity contribution in [1.82, 2.24) is 10.6 Å². The number of ether oxygens (including phenoxy) is 3. The predicted octanol–water partition coefficient (Wildman–Crippen LogP) is 3.79. The van der Waals surface area contributed by atoms with Gasteiger partial charge in [0, 0.05) is 12.3 Å². The zero-order valence-corrected chi connectivity index (χ0v) is 21.5. The van der Waals surface area contributed by atoms with Gasteiger partial charge in [0.15, 0.2) is 0 Å². The topological polar surface area (TPSA) is 92.6 Å². The minimum atomic E-state index is -0.119. The van der Waals surface area contributed by atoms with E-state index in [-0.39, 0.29) is 11.3 Å². The fourth-order valence-corrected chi connectivity index (χ4v) is 2.46. The molecule has 31 heavy (non-hydrogen) atoms. The van der Waals surface area contributed by atoms with Crippen molar-refractivity contribution in [1.29, 1.82) is 5.26 Å². The molecule has 0 spiro atoms. The molecule has 182 valence electrons. The quantitative estimate of drug-likeness (QED) is 0.157. The molecule has 7 nitrogen and oxygen atoms in total. The third-order valence-electron chi connectivity index (χ3n) is 3.19. The monoisotopic (exact) mass is 459 g/mol. The Balaban J connectivity index is -0.00000184.